The van der Waals surface area contributed by atoms with E-state index in [1.165, 1.54) is 17.0 Å². The molecule has 0 aliphatic rings. The Bertz CT molecular complexity index is 541. The molecular weight excluding hydrogens is 339 g/mol. The minimum Gasteiger partial charge on any atom is -0.350 e. The summed E-state index contributed by atoms with van der Waals surface area (Å²) < 4.78 is 14.2. The summed E-state index contributed by atoms with van der Waals surface area (Å²) in [5.74, 6) is -1.38. The minimum atomic E-state index is -0.614. The first kappa shape index (κ1) is 17.6. The molecule has 0 aliphatic carbocycles. The van der Waals surface area contributed by atoms with Crippen LogP contribution in [0.25, 0.3) is 0 Å². The average Bonchev–Trinajstić information content (AvgIpc) is 2.36. The van der Waals surface area contributed by atoms with E-state index in [1.807, 2.05) is 20.8 Å². The van der Waals surface area contributed by atoms with Gasteiger partial charge in [0.25, 0.3) is 5.91 Å². The fourth-order valence-electron chi connectivity index (χ4n) is 1.80. The van der Waals surface area contributed by atoms with Gasteiger partial charge in [-0.3, -0.25) is 9.59 Å². The molecule has 1 N–H and O–H groups in total. The number of carbonyl (C=O) groups is 2. The van der Waals surface area contributed by atoms with Crippen molar-refractivity contribution in [3.8, 4) is 0 Å². The first-order valence-electron chi connectivity index (χ1n) is 6.70. The van der Waals surface area contributed by atoms with Crippen molar-refractivity contribution in [3.63, 3.8) is 0 Å². The van der Waals surface area contributed by atoms with E-state index < -0.39 is 11.7 Å². The zero-order valence-electron chi connectivity index (χ0n) is 12.7. The molecular formula is C15H20BrFN2O2. The van der Waals surface area contributed by atoms with Crippen LogP contribution in [0, 0.1) is 5.82 Å². The van der Waals surface area contributed by atoms with E-state index in [2.05, 4.69) is 21.2 Å². The summed E-state index contributed by atoms with van der Waals surface area (Å²) in [4.78, 5) is 25.6. The van der Waals surface area contributed by atoms with Crippen molar-refractivity contribution in [2.24, 2.45) is 0 Å². The highest BCUT2D eigenvalue weighted by Crippen LogP contribution is 2.19. The molecule has 0 saturated heterocycles. The van der Waals surface area contributed by atoms with Gasteiger partial charge in [-0.15, -0.1) is 0 Å². The Labute approximate surface area is 132 Å². The molecule has 1 aromatic rings. The normalized spacial score (nSPS) is 11.1. The molecule has 0 atom stereocenters. The monoisotopic (exact) mass is 358 g/mol. The van der Waals surface area contributed by atoms with Crippen LogP contribution < -0.4 is 5.32 Å². The Hall–Kier alpha value is -1.43. The smallest absolute Gasteiger partial charge is 0.257 e. The topological polar surface area (TPSA) is 49.4 Å². The van der Waals surface area contributed by atoms with Crippen LogP contribution >= 0.6 is 15.9 Å². The molecule has 21 heavy (non-hydrogen) atoms. The zero-order valence-corrected chi connectivity index (χ0v) is 14.3. The molecule has 0 aromatic heterocycles. The Morgan fingerprint density at radius 1 is 1.33 bits per heavy atom. The number of amides is 2. The van der Waals surface area contributed by atoms with E-state index in [4.69, 9.17) is 0 Å². The van der Waals surface area contributed by atoms with Crippen molar-refractivity contribution >= 4 is 27.7 Å². The summed E-state index contributed by atoms with van der Waals surface area (Å²) >= 11 is 3.05. The van der Waals surface area contributed by atoms with E-state index in [0.29, 0.717) is 6.54 Å². The van der Waals surface area contributed by atoms with Gasteiger partial charge in [0.05, 0.1) is 16.6 Å². The van der Waals surface area contributed by atoms with E-state index >= 15 is 0 Å². The van der Waals surface area contributed by atoms with Gasteiger partial charge in [-0.2, -0.15) is 0 Å². The SMILES string of the molecule is CCN(CC(=O)NC(C)(C)C)C(=O)c1cccc(Br)c1F. The number of nitrogens with zero attached hydrogens (tertiary/aromatic N) is 1. The van der Waals surface area contributed by atoms with Gasteiger partial charge in [0.1, 0.15) is 5.82 Å². The summed E-state index contributed by atoms with van der Waals surface area (Å²) in [7, 11) is 0. The fraction of sp³-hybridized carbons (Fsp3) is 0.467. The van der Waals surface area contributed by atoms with Crippen LogP contribution in [0.5, 0.6) is 0 Å². The van der Waals surface area contributed by atoms with Crippen molar-refractivity contribution in [2.75, 3.05) is 13.1 Å². The van der Waals surface area contributed by atoms with Gasteiger partial charge in [-0.05, 0) is 55.8 Å². The molecule has 1 aromatic carbocycles. The minimum absolute atomic E-state index is 0.0465. The van der Waals surface area contributed by atoms with Gasteiger partial charge < -0.3 is 10.2 Å². The van der Waals surface area contributed by atoms with Crippen molar-refractivity contribution in [2.45, 2.75) is 33.2 Å². The molecule has 4 nitrogen and oxygen atoms in total. The van der Waals surface area contributed by atoms with Crippen molar-refractivity contribution in [1.82, 2.24) is 10.2 Å². The molecule has 0 fully saturated rings. The summed E-state index contributed by atoms with van der Waals surface area (Å²) in [5.41, 5.74) is -0.421. The third-order valence-electron chi connectivity index (χ3n) is 2.70. The summed E-state index contributed by atoms with van der Waals surface area (Å²) in [6.45, 7) is 7.55. The van der Waals surface area contributed by atoms with E-state index in [1.54, 1.807) is 13.0 Å². The van der Waals surface area contributed by atoms with E-state index in [9.17, 15) is 14.0 Å². The van der Waals surface area contributed by atoms with Gasteiger partial charge in [-0.25, -0.2) is 4.39 Å². The van der Waals surface area contributed by atoms with Gasteiger partial charge in [-0.1, -0.05) is 6.07 Å². The molecule has 0 bridgehead atoms. The molecule has 0 unspecified atom stereocenters. The standard InChI is InChI=1S/C15H20BrFN2O2/c1-5-19(9-12(20)18-15(2,3)4)14(21)10-7-6-8-11(16)13(10)17/h6-8H,5,9H2,1-4H3,(H,18,20). The fourth-order valence-corrected chi connectivity index (χ4v) is 2.16. The van der Waals surface area contributed by atoms with E-state index in [-0.39, 0.29) is 28.0 Å². The lowest BCUT2D eigenvalue weighted by molar-refractivity contribution is -0.123. The molecule has 2 amide bonds. The summed E-state index contributed by atoms with van der Waals surface area (Å²) in [6.07, 6.45) is 0. The molecule has 6 heteroatoms. The quantitative estimate of drug-likeness (QED) is 0.899. The number of carbonyl (C=O) groups excluding carboxylic acids is 2. The van der Waals surface area contributed by atoms with Crippen molar-refractivity contribution in [3.05, 3.63) is 34.1 Å². The number of halogens is 2. The van der Waals surface area contributed by atoms with Crippen molar-refractivity contribution in [1.29, 1.82) is 0 Å². The van der Waals surface area contributed by atoms with Crippen LogP contribution in [0.15, 0.2) is 22.7 Å². The number of hydrogen-bond donors (Lipinski definition) is 1. The first-order chi connectivity index (χ1) is 9.65. The van der Waals surface area contributed by atoms with Crippen molar-refractivity contribution < 1.29 is 14.0 Å². The maximum Gasteiger partial charge on any atom is 0.257 e. The second-order valence-electron chi connectivity index (χ2n) is 5.72. The highest BCUT2D eigenvalue weighted by atomic mass is 79.9. The highest BCUT2D eigenvalue weighted by molar-refractivity contribution is 9.10. The number of benzene rings is 1. The average molecular weight is 359 g/mol. The molecule has 0 radical (unpaired) electrons. The molecule has 0 saturated carbocycles. The molecule has 0 aliphatic heterocycles. The maximum absolute atomic E-state index is 14.0. The van der Waals surface area contributed by atoms with Crippen LogP contribution in [0.4, 0.5) is 4.39 Å². The van der Waals surface area contributed by atoms with Gasteiger partial charge >= 0.3 is 0 Å². The second kappa shape index (κ2) is 7.02. The van der Waals surface area contributed by atoms with Crippen LogP contribution in [0.3, 0.4) is 0 Å². The highest BCUT2D eigenvalue weighted by Gasteiger charge is 2.23. The number of nitrogens with one attached hydrogen (secondary N) is 1. The van der Waals surface area contributed by atoms with Crippen LogP contribution in [-0.2, 0) is 4.79 Å². The predicted molar refractivity (Wildman–Crippen MR) is 83.6 cm³/mol. The Morgan fingerprint density at radius 3 is 2.48 bits per heavy atom. The Morgan fingerprint density at radius 2 is 1.95 bits per heavy atom. The number of rotatable bonds is 4. The third kappa shape index (κ3) is 5.12. The lowest BCUT2D eigenvalue weighted by atomic mass is 10.1. The third-order valence-corrected chi connectivity index (χ3v) is 3.31. The second-order valence-corrected chi connectivity index (χ2v) is 6.57. The van der Waals surface area contributed by atoms with Gasteiger partial charge in [0.2, 0.25) is 5.91 Å². The van der Waals surface area contributed by atoms with Crippen LogP contribution in [0.2, 0.25) is 0 Å². The summed E-state index contributed by atoms with van der Waals surface area (Å²) in [5, 5.41) is 2.78. The number of hydrogen-bond acceptors (Lipinski definition) is 2. The number of likely N-dealkylation sites (N-methyl/N-ethyl adjacent to an activating group) is 1. The van der Waals surface area contributed by atoms with Gasteiger partial charge in [0.15, 0.2) is 0 Å². The lowest BCUT2D eigenvalue weighted by Crippen LogP contribution is -2.47. The van der Waals surface area contributed by atoms with Crippen LogP contribution in [0.1, 0.15) is 38.1 Å². The first-order valence-corrected chi connectivity index (χ1v) is 7.49. The van der Waals surface area contributed by atoms with E-state index in [0.717, 1.165) is 0 Å². The Kier molecular flexibility index (Phi) is 5.89. The molecule has 0 heterocycles. The zero-order chi connectivity index (χ0) is 16.2. The lowest BCUT2D eigenvalue weighted by Gasteiger charge is -2.25. The predicted octanol–water partition coefficient (Wildman–Crippen LogP) is 2.97. The largest absolute Gasteiger partial charge is 0.350 e. The van der Waals surface area contributed by atoms with Gasteiger partial charge in [0, 0.05) is 12.1 Å². The Balaban J connectivity index is 2.87. The maximum atomic E-state index is 14.0. The molecule has 116 valence electrons. The van der Waals surface area contributed by atoms with Crippen LogP contribution in [-0.4, -0.2) is 35.3 Å². The molecule has 1 rings (SSSR count). The summed E-state index contributed by atoms with van der Waals surface area (Å²) in [6, 6.07) is 4.52. The molecule has 0 spiro atoms.